The molecular weight excluding hydrogens is 387 g/mol. The van der Waals surface area contributed by atoms with Crippen molar-refractivity contribution in [3.05, 3.63) is 95.1 Å². The second-order valence-corrected chi connectivity index (χ2v) is 6.90. The Labute approximate surface area is 171 Å². The summed E-state index contributed by atoms with van der Waals surface area (Å²) in [6, 6.07) is 12.3. The number of ketones is 1. The van der Waals surface area contributed by atoms with Crippen LogP contribution in [0.5, 0.6) is 5.75 Å². The monoisotopic (exact) mass is 404 g/mol. The number of phenols is 1. The van der Waals surface area contributed by atoms with E-state index in [1.807, 2.05) is 0 Å². The van der Waals surface area contributed by atoms with Crippen molar-refractivity contribution in [1.82, 2.24) is 4.98 Å². The number of aryl methyl sites for hydroxylation is 1. The standard InChI is InChI=1S/C23H17FN2O4/c1-13-12-15(6-7-16(13)24)21(28)19-20(14-8-10-25-11-9-14)26(23(30)22(19)29)17-4-2-3-5-18(17)27/h2-12,20,27-28H,1H3/b21-19-. The Balaban J connectivity index is 1.97. The average Bonchev–Trinajstić information content (AvgIpc) is 3.01. The molecule has 1 unspecified atom stereocenters. The highest BCUT2D eigenvalue weighted by molar-refractivity contribution is 6.51. The number of aliphatic hydroxyl groups excluding tert-OH is 1. The van der Waals surface area contributed by atoms with Crippen LogP contribution in [-0.2, 0) is 9.59 Å². The topological polar surface area (TPSA) is 90.7 Å². The van der Waals surface area contributed by atoms with Gasteiger partial charge in [-0.2, -0.15) is 0 Å². The van der Waals surface area contributed by atoms with Crippen LogP contribution < -0.4 is 4.90 Å². The van der Waals surface area contributed by atoms with E-state index in [-0.39, 0.29) is 28.1 Å². The van der Waals surface area contributed by atoms with Gasteiger partial charge >= 0.3 is 0 Å². The Morgan fingerprint density at radius 1 is 1.07 bits per heavy atom. The van der Waals surface area contributed by atoms with E-state index in [4.69, 9.17) is 0 Å². The van der Waals surface area contributed by atoms with Gasteiger partial charge in [0, 0.05) is 18.0 Å². The maximum atomic E-state index is 13.7. The molecule has 150 valence electrons. The lowest BCUT2D eigenvalue weighted by atomic mass is 9.95. The van der Waals surface area contributed by atoms with Crippen molar-refractivity contribution in [3.63, 3.8) is 0 Å². The van der Waals surface area contributed by atoms with Crippen molar-refractivity contribution in [1.29, 1.82) is 0 Å². The maximum Gasteiger partial charge on any atom is 0.300 e. The Hall–Kier alpha value is -4.00. The molecule has 1 aliphatic rings. The summed E-state index contributed by atoms with van der Waals surface area (Å²) >= 11 is 0. The SMILES string of the molecule is Cc1cc(/C(O)=C2/C(=O)C(=O)N(c3ccccc3O)C2c2ccncc2)ccc1F. The number of hydrogen-bond acceptors (Lipinski definition) is 5. The van der Waals surface area contributed by atoms with Crippen molar-refractivity contribution in [2.24, 2.45) is 0 Å². The van der Waals surface area contributed by atoms with Crippen molar-refractivity contribution in [3.8, 4) is 5.75 Å². The van der Waals surface area contributed by atoms with Gasteiger partial charge in [-0.15, -0.1) is 0 Å². The predicted octanol–water partition coefficient (Wildman–Crippen LogP) is 3.86. The van der Waals surface area contributed by atoms with Crippen LogP contribution in [0.4, 0.5) is 10.1 Å². The zero-order chi connectivity index (χ0) is 21.4. The number of para-hydroxylation sites is 2. The van der Waals surface area contributed by atoms with Crippen LogP contribution in [0.2, 0.25) is 0 Å². The first kappa shape index (κ1) is 19.3. The number of benzene rings is 2. The molecule has 3 aromatic rings. The quantitative estimate of drug-likeness (QED) is 0.393. The minimum Gasteiger partial charge on any atom is -0.507 e. The highest BCUT2D eigenvalue weighted by atomic mass is 19.1. The molecule has 4 rings (SSSR count). The zero-order valence-corrected chi connectivity index (χ0v) is 15.9. The summed E-state index contributed by atoms with van der Waals surface area (Å²) in [6.45, 7) is 1.53. The van der Waals surface area contributed by atoms with Crippen LogP contribution in [0, 0.1) is 12.7 Å². The smallest absolute Gasteiger partial charge is 0.300 e. The summed E-state index contributed by atoms with van der Waals surface area (Å²) < 4.78 is 13.7. The molecule has 1 aliphatic heterocycles. The molecule has 0 spiro atoms. The Morgan fingerprint density at radius 3 is 2.43 bits per heavy atom. The Morgan fingerprint density at radius 2 is 1.77 bits per heavy atom. The lowest BCUT2D eigenvalue weighted by molar-refractivity contribution is -0.132. The number of rotatable bonds is 3. The fraction of sp³-hybridized carbons (Fsp3) is 0.0870. The number of amides is 1. The van der Waals surface area contributed by atoms with Gasteiger partial charge in [-0.25, -0.2) is 4.39 Å². The second kappa shape index (κ2) is 7.44. The molecule has 30 heavy (non-hydrogen) atoms. The summed E-state index contributed by atoms with van der Waals surface area (Å²) in [6.07, 6.45) is 3.00. The zero-order valence-electron chi connectivity index (χ0n) is 15.9. The molecule has 2 aromatic carbocycles. The van der Waals surface area contributed by atoms with Gasteiger partial charge in [0.15, 0.2) is 0 Å². The first-order chi connectivity index (χ1) is 14.4. The molecule has 0 bridgehead atoms. The van der Waals surface area contributed by atoms with Crippen LogP contribution in [0.3, 0.4) is 0 Å². The summed E-state index contributed by atoms with van der Waals surface area (Å²) in [5, 5.41) is 21.3. The molecule has 6 nitrogen and oxygen atoms in total. The van der Waals surface area contributed by atoms with Crippen molar-refractivity contribution >= 4 is 23.1 Å². The van der Waals surface area contributed by atoms with Crippen molar-refractivity contribution < 1.29 is 24.2 Å². The van der Waals surface area contributed by atoms with E-state index in [1.165, 1.54) is 49.6 Å². The number of aliphatic hydroxyl groups is 1. The van der Waals surface area contributed by atoms with Crippen molar-refractivity contribution in [2.45, 2.75) is 13.0 Å². The molecule has 1 amide bonds. The number of aromatic nitrogens is 1. The van der Waals surface area contributed by atoms with Crippen LogP contribution in [0.25, 0.3) is 5.76 Å². The van der Waals surface area contributed by atoms with E-state index in [9.17, 15) is 24.2 Å². The highest BCUT2D eigenvalue weighted by Gasteiger charge is 2.47. The third-order valence-electron chi connectivity index (χ3n) is 5.04. The third kappa shape index (κ3) is 3.10. The molecule has 2 heterocycles. The van der Waals surface area contributed by atoms with Crippen LogP contribution >= 0.6 is 0 Å². The van der Waals surface area contributed by atoms with Gasteiger partial charge in [0.2, 0.25) is 0 Å². The first-order valence-electron chi connectivity index (χ1n) is 9.15. The van der Waals surface area contributed by atoms with Crippen molar-refractivity contribution in [2.75, 3.05) is 4.90 Å². The number of Topliss-reactive ketones (excluding diaryl/α,β-unsaturated/α-hetero) is 1. The van der Waals surface area contributed by atoms with E-state index in [1.54, 1.807) is 24.3 Å². The Kier molecular flexibility index (Phi) is 4.79. The number of halogens is 1. The number of carbonyl (C=O) groups excluding carboxylic acids is 2. The van der Waals surface area contributed by atoms with Crippen LogP contribution in [0.15, 0.2) is 72.6 Å². The number of anilines is 1. The van der Waals surface area contributed by atoms with Gasteiger partial charge in [0.25, 0.3) is 11.7 Å². The number of hydrogen-bond donors (Lipinski definition) is 2. The second-order valence-electron chi connectivity index (χ2n) is 6.90. The number of pyridine rings is 1. The molecule has 2 N–H and O–H groups in total. The van der Waals surface area contributed by atoms with E-state index in [0.29, 0.717) is 5.56 Å². The van der Waals surface area contributed by atoms with Gasteiger partial charge in [0.1, 0.15) is 17.3 Å². The number of carbonyl (C=O) groups is 2. The molecular formula is C23H17FN2O4. The molecule has 1 atom stereocenters. The summed E-state index contributed by atoms with van der Waals surface area (Å²) in [7, 11) is 0. The third-order valence-corrected chi connectivity index (χ3v) is 5.04. The first-order valence-corrected chi connectivity index (χ1v) is 9.15. The summed E-state index contributed by atoms with van der Waals surface area (Å²) in [5.74, 6) is -2.85. The lowest BCUT2D eigenvalue weighted by Crippen LogP contribution is -2.29. The predicted molar refractivity (Wildman–Crippen MR) is 108 cm³/mol. The minimum absolute atomic E-state index is 0.135. The number of aromatic hydroxyl groups is 1. The highest BCUT2D eigenvalue weighted by Crippen LogP contribution is 2.44. The van der Waals surface area contributed by atoms with E-state index < -0.39 is 29.3 Å². The minimum atomic E-state index is -0.994. The Bertz CT molecular complexity index is 1190. The van der Waals surface area contributed by atoms with Crippen LogP contribution in [-0.4, -0.2) is 26.9 Å². The van der Waals surface area contributed by atoms with E-state index in [0.717, 1.165) is 4.90 Å². The number of nitrogens with zero attached hydrogens (tertiary/aromatic N) is 2. The molecule has 1 aromatic heterocycles. The van der Waals surface area contributed by atoms with Gasteiger partial charge < -0.3 is 10.2 Å². The molecule has 7 heteroatoms. The molecule has 1 fully saturated rings. The molecule has 0 saturated carbocycles. The fourth-order valence-corrected chi connectivity index (χ4v) is 3.56. The maximum absolute atomic E-state index is 13.7. The lowest BCUT2D eigenvalue weighted by Gasteiger charge is -2.25. The van der Waals surface area contributed by atoms with E-state index >= 15 is 0 Å². The fourth-order valence-electron chi connectivity index (χ4n) is 3.56. The normalized spacial score (nSPS) is 18.1. The number of phenolic OH excluding ortho intramolecular Hbond substituents is 1. The summed E-state index contributed by atoms with van der Waals surface area (Å²) in [4.78, 5) is 31.0. The largest absolute Gasteiger partial charge is 0.507 e. The molecule has 0 radical (unpaired) electrons. The average molecular weight is 404 g/mol. The van der Waals surface area contributed by atoms with Gasteiger partial charge in [0.05, 0.1) is 17.3 Å². The molecule has 1 saturated heterocycles. The summed E-state index contributed by atoms with van der Waals surface area (Å²) in [5.41, 5.74) is 1.00. The van der Waals surface area contributed by atoms with Crippen LogP contribution in [0.1, 0.15) is 22.7 Å². The van der Waals surface area contributed by atoms with Gasteiger partial charge in [-0.3, -0.25) is 19.5 Å². The van der Waals surface area contributed by atoms with E-state index in [2.05, 4.69) is 4.98 Å². The molecule has 0 aliphatic carbocycles. The van der Waals surface area contributed by atoms with Gasteiger partial charge in [-0.1, -0.05) is 12.1 Å². The van der Waals surface area contributed by atoms with Gasteiger partial charge in [-0.05, 0) is 60.5 Å².